The zero-order chi connectivity index (χ0) is 13.1. The normalized spacial score (nSPS) is 10.4. The van der Waals surface area contributed by atoms with Gasteiger partial charge in [0, 0.05) is 12.1 Å². The molecule has 0 aromatic heterocycles. The standard InChI is InChI=1S/C14H13F2NO/c1-9-5-6-13(18)10(7-9)8-17-14-11(15)3-2-4-12(14)16/h2-7,17-18H,8H2,1H3. The second-order valence-electron chi connectivity index (χ2n) is 4.08. The Kier molecular flexibility index (Phi) is 3.46. The Morgan fingerprint density at radius 2 is 1.78 bits per heavy atom. The summed E-state index contributed by atoms with van der Waals surface area (Å²) in [5.74, 6) is -1.20. The molecule has 0 aliphatic heterocycles. The summed E-state index contributed by atoms with van der Waals surface area (Å²) in [7, 11) is 0. The number of rotatable bonds is 3. The van der Waals surface area contributed by atoms with Gasteiger partial charge in [-0.05, 0) is 25.1 Å². The number of hydrogen-bond acceptors (Lipinski definition) is 2. The first-order valence-electron chi connectivity index (χ1n) is 5.54. The van der Waals surface area contributed by atoms with Crippen molar-refractivity contribution in [2.75, 3.05) is 5.32 Å². The van der Waals surface area contributed by atoms with Crippen LogP contribution in [0.4, 0.5) is 14.5 Å². The number of anilines is 1. The summed E-state index contributed by atoms with van der Waals surface area (Å²) in [6.07, 6.45) is 0. The summed E-state index contributed by atoms with van der Waals surface area (Å²) in [6, 6.07) is 8.76. The van der Waals surface area contributed by atoms with Crippen molar-refractivity contribution in [1.82, 2.24) is 0 Å². The predicted octanol–water partition coefficient (Wildman–Crippen LogP) is 3.59. The summed E-state index contributed by atoms with van der Waals surface area (Å²) in [4.78, 5) is 0. The average molecular weight is 249 g/mol. The van der Waals surface area contributed by atoms with Crippen LogP contribution in [0.15, 0.2) is 36.4 Å². The molecule has 0 heterocycles. The molecule has 2 aromatic rings. The summed E-state index contributed by atoms with van der Waals surface area (Å²) < 4.78 is 26.7. The SMILES string of the molecule is Cc1ccc(O)c(CNc2c(F)cccc2F)c1. The first-order valence-corrected chi connectivity index (χ1v) is 5.54. The van der Waals surface area contributed by atoms with Crippen LogP contribution in [0.1, 0.15) is 11.1 Å². The van der Waals surface area contributed by atoms with E-state index in [1.807, 2.05) is 6.92 Å². The van der Waals surface area contributed by atoms with Gasteiger partial charge in [0.15, 0.2) is 0 Å². The Hall–Kier alpha value is -2.10. The number of halogens is 2. The van der Waals surface area contributed by atoms with Crippen molar-refractivity contribution in [2.24, 2.45) is 0 Å². The topological polar surface area (TPSA) is 32.3 Å². The van der Waals surface area contributed by atoms with E-state index in [-0.39, 0.29) is 18.0 Å². The smallest absolute Gasteiger partial charge is 0.149 e. The van der Waals surface area contributed by atoms with Crippen molar-refractivity contribution >= 4 is 5.69 Å². The molecule has 0 atom stereocenters. The third-order valence-corrected chi connectivity index (χ3v) is 2.65. The Labute approximate surface area is 104 Å². The molecule has 0 fully saturated rings. The number of aromatic hydroxyl groups is 1. The lowest BCUT2D eigenvalue weighted by Gasteiger charge is -2.10. The minimum Gasteiger partial charge on any atom is -0.508 e. The molecule has 0 saturated carbocycles. The molecule has 0 spiro atoms. The fourth-order valence-corrected chi connectivity index (χ4v) is 1.71. The van der Waals surface area contributed by atoms with Gasteiger partial charge in [-0.1, -0.05) is 23.8 Å². The zero-order valence-electron chi connectivity index (χ0n) is 9.87. The zero-order valence-corrected chi connectivity index (χ0v) is 9.87. The molecule has 94 valence electrons. The highest BCUT2D eigenvalue weighted by atomic mass is 19.1. The molecular formula is C14H13F2NO. The van der Waals surface area contributed by atoms with Gasteiger partial charge < -0.3 is 10.4 Å². The van der Waals surface area contributed by atoms with Crippen LogP contribution in [0.3, 0.4) is 0 Å². The van der Waals surface area contributed by atoms with Gasteiger partial charge >= 0.3 is 0 Å². The molecule has 2 aromatic carbocycles. The highest BCUT2D eigenvalue weighted by molar-refractivity contribution is 5.48. The van der Waals surface area contributed by atoms with Gasteiger partial charge in [0.1, 0.15) is 23.1 Å². The average Bonchev–Trinajstić information content (AvgIpc) is 2.33. The highest BCUT2D eigenvalue weighted by Gasteiger charge is 2.08. The fraction of sp³-hybridized carbons (Fsp3) is 0.143. The van der Waals surface area contributed by atoms with Crippen LogP contribution < -0.4 is 5.32 Å². The molecule has 0 amide bonds. The van der Waals surface area contributed by atoms with Gasteiger partial charge in [-0.15, -0.1) is 0 Å². The van der Waals surface area contributed by atoms with E-state index >= 15 is 0 Å². The van der Waals surface area contributed by atoms with Gasteiger partial charge in [0.25, 0.3) is 0 Å². The predicted molar refractivity (Wildman–Crippen MR) is 66.5 cm³/mol. The molecule has 2 nitrogen and oxygen atoms in total. The van der Waals surface area contributed by atoms with E-state index in [9.17, 15) is 13.9 Å². The van der Waals surface area contributed by atoms with Crippen molar-refractivity contribution < 1.29 is 13.9 Å². The molecule has 0 bridgehead atoms. The van der Waals surface area contributed by atoms with Crippen LogP contribution in [0.25, 0.3) is 0 Å². The summed E-state index contributed by atoms with van der Waals surface area (Å²) in [5.41, 5.74) is 1.38. The maximum atomic E-state index is 13.4. The number of nitrogens with one attached hydrogen (secondary N) is 1. The minimum absolute atomic E-state index is 0.102. The molecule has 18 heavy (non-hydrogen) atoms. The van der Waals surface area contributed by atoms with E-state index in [4.69, 9.17) is 0 Å². The Morgan fingerprint density at radius 1 is 1.11 bits per heavy atom. The number of hydrogen-bond donors (Lipinski definition) is 2. The van der Waals surface area contributed by atoms with Crippen LogP contribution >= 0.6 is 0 Å². The van der Waals surface area contributed by atoms with Gasteiger partial charge in [-0.25, -0.2) is 8.78 Å². The summed E-state index contributed by atoms with van der Waals surface area (Å²) in [6.45, 7) is 2.04. The Morgan fingerprint density at radius 3 is 2.44 bits per heavy atom. The molecule has 4 heteroatoms. The van der Waals surface area contributed by atoms with Gasteiger partial charge in [-0.3, -0.25) is 0 Å². The maximum Gasteiger partial charge on any atom is 0.149 e. The van der Waals surface area contributed by atoms with Crippen molar-refractivity contribution in [3.05, 3.63) is 59.2 Å². The van der Waals surface area contributed by atoms with Gasteiger partial charge in [0.2, 0.25) is 0 Å². The monoisotopic (exact) mass is 249 g/mol. The number of aryl methyl sites for hydroxylation is 1. The van der Waals surface area contributed by atoms with Gasteiger partial charge in [0.05, 0.1) is 0 Å². The number of phenolic OH excluding ortho intramolecular Hbond substituents is 1. The summed E-state index contributed by atoms with van der Waals surface area (Å²) in [5, 5.41) is 12.3. The molecule has 2 rings (SSSR count). The lowest BCUT2D eigenvalue weighted by molar-refractivity contribution is 0.468. The van der Waals surface area contributed by atoms with Crippen LogP contribution in [0.2, 0.25) is 0 Å². The van der Waals surface area contributed by atoms with Crippen molar-refractivity contribution in [3.63, 3.8) is 0 Å². The lowest BCUT2D eigenvalue weighted by Crippen LogP contribution is -2.04. The van der Waals surface area contributed by atoms with Crippen LogP contribution in [0, 0.1) is 18.6 Å². The molecule has 0 saturated heterocycles. The van der Waals surface area contributed by atoms with Crippen LogP contribution in [-0.2, 0) is 6.54 Å². The van der Waals surface area contributed by atoms with Crippen molar-refractivity contribution in [2.45, 2.75) is 13.5 Å². The number of phenols is 1. The highest BCUT2D eigenvalue weighted by Crippen LogP contribution is 2.22. The molecule has 0 unspecified atom stereocenters. The third kappa shape index (κ3) is 2.59. The Bertz CT molecular complexity index is 549. The molecule has 0 aliphatic rings. The second-order valence-corrected chi connectivity index (χ2v) is 4.08. The van der Waals surface area contributed by atoms with E-state index in [0.717, 1.165) is 5.56 Å². The number of para-hydroxylation sites is 1. The van der Waals surface area contributed by atoms with E-state index in [1.165, 1.54) is 18.2 Å². The van der Waals surface area contributed by atoms with E-state index in [0.29, 0.717) is 5.56 Å². The quantitative estimate of drug-likeness (QED) is 0.871. The molecule has 2 N–H and O–H groups in total. The minimum atomic E-state index is -0.651. The fourth-order valence-electron chi connectivity index (χ4n) is 1.71. The Balaban J connectivity index is 2.19. The first kappa shape index (κ1) is 12.4. The second kappa shape index (κ2) is 5.04. The summed E-state index contributed by atoms with van der Waals surface area (Å²) >= 11 is 0. The van der Waals surface area contributed by atoms with Crippen LogP contribution in [-0.4, -0.2) is 5.11 Å². The van der Waals surface area contributed by atoms with Gasteiger partial charge in [-0.2, -0.15) is 0 Å². The lowest BCUT2D eigenvalue weighted by atomic mass is 10.1. The molecular weight excluding hydrogens is 236 g/mol. The van der Waals surface area contributed by atoms with Crippen molar-refractivity contribution in [3.8, 4) is 5.75 Å². The van der Waals surface area contributed by atoms with Crippen molar-refractivity contribution in [1.29, 1.82) is 0 Å². The maximum absolute atomic E-state index is 13.4. The van der Waals surface area contributed by atoms with E-state index in [1.54, 1.807) is 18.2 Å². The van der Waals surface area contributed by atoms with E-state index < -0.39 is 11.6 Å². The third-order valence-electron chi connectivity index (χ3n) is 2.65. The van der Waals surface area contributed by atoms with E-state index in [2.05, 4.69) is 5.32 Å². The molecule has 0 aliphatic carbocycles. The molecule has 0 radical (unpaired) electrons. The number of benzene rings is 2. The largest absolute Gasteiger partial charge is 0.508 e. The first-order chi connectivity index (χ1) is 8.58. The van der Waals surface area contributed by atoms with Crippen LogP contribution in [0.5, 0.6) is 5.75 Å².